The van der Waals surface area contributed by atoms with E-state index in [0.717, 1.165) is 25.5 Å². The average Bonchev–Trinajstić information content (AvgIpc) is 2.91. The number of thiazole rings is 1. The molecule has 0 aliphatic carbocycles. The smallest absolute Gasteiger partial charge is 0.273 e. The first kappa shape index (κ1) is 13.9. The van der Waals surface area contributed by atoms with E-state index in [0.29, 0.717) is 12.3 Å². The van der Waals surface area contributed by atoms with E-state index >= 15 is 0 Å². The molecule has 1 aliphatic rings. The van der Waals surface area contributed by atoms with Crippen molar-refractivity contribution in [3.63, 3.8) is 0 Å². The molecule has 1 fully saturated rings. The van der Waals surface area contributed by atoms with Crippen molar-refractivity contribution >= 4 is 61.1 Å². The fourth-order valence-corrected chi connectivity index (χ4v) is 4.39. The van der Waals surface area contributed by atoms with Crippen molar-refractivity contribution in [3.05, 3.63) is 23.2 Å². The van der Waals surface area contributed by atoms with Gasteiger partial charge in [-0.1, -0.05) is 11.6 Å². The van der Waals surface area contributed by atoms with E-state index in [2.05, 4.69) is 4.99 Å². The molecule has 1 aromatic heterocycles. The molecule has 0 atom stereocenters. The van der Waals surface area contributed by atoms with Crippen LogP contribution in [0.25, 0.3) is 10.2 Å². The van der Waals surface area contributed by atoms with Crippen LogP contribution in [0.5, 0.6) is 0 Å². The molecular weight excluding hydrogens is 314 g/mol. The Morgan fingerprint density at radius 1 is 1.50 bits per heavy atom. The first-order chi connectivity index (χ1) is 9.60. The number of nitrogens with zero attached hydrogens (tertiary/aromatic N) is 3. The van der Waals surface area contributed by atoms with Gasteiger partial charge in [0, 0.05) is 11.6 Å². The van der Waals surface area contributed by atoms with Gasteiger partial charge in [-0.05, 0) is 53.2 Å². The highest BCUT2D eigenvalue weighted by atomic mass is 35.5. The van der Waals surface area contributed by atoms with Crippen LogP contribution in [-0.2, 0) is 11.8 Å². The molecule has 1 amide bonds. The average molecular weight is 327 g/mol. The summed E-state index contributed by atoms with van der Waals surface area (Å²) in [5.41, 5.74) is 1.09. The summed E-state index contributed by atoms with van der Waals surface area (Å²) in [7, 11) is 1.98. The van der Waals surface area contributed by atoms with Crippen molar-refractivity contribution in [2.45, 2.75) is 6.92 Å². The molecule has 1 saturated heterocycles. The molecule has 2 aromatic rings. The number of amidine groups is 1. The molecule has 0 unspecified atom stereocenters. The minimum Gasteiger partial charge on any atom is -0.273 e. The lowest BCUT2D eigenvalue weighted by atomic mass is 10.3. The Bertz CT molecular complexity index is 726. The number of benzene rings is 1. The van der Waals surface area contributed by atoms with Gasteiger partial charge < -0.3 is 0 Å². The maximum atomic E-state index is 11.7. The molecule has 2 heterocycles. The summed E-state index contributed by atoms with van der Waals surface area (Å²) in [5, 5.41) is 2.38. The number of thioether (sulfide) groups is 1. The third kappa shape index (κ3) is 2.32. The second kappa shape index (κ2) is 5.35. The van der Waals surface area contributed by atoms with Gasteiger partial charge in [0.2, 0.25) is 5.91 Å². The van der Waals surface area contributed by atoms with E-state index in [4.69, 9.17) is 11.6 Å². The fourth-order valence-electron chi connectivity index (χ4n) is 2.09. The van der Waals surface area contributed by atoms with Crippen molar-refractivity contribution < 1.29 is 9.36 Å². The number of carbonyl (C=O) groups excluding carboxylic acids is 1. The number of carbonyl (C=O) groups is 1. The van der Waals surface area contributed by atoms with Gasteiger partial charge in [-0.2, -0.15) is 0 Å². The standard InChI is InChI=1S/C13H13ClN3OS2/c1-3-17-11(18)7-19-13(17)15-12-16(2)9-5-4-8(14)6-10(9)20-12/h4-6H,3,7H2,1-2H3/q+1. The highest BCUT2D eigenvalue weighted by Crippen LogP contribution is 2.30. The number of amides is 1. The minimum atomic E-state index is 0.128. The third-order valence-corrected chi connectivity index (χ3v) is 5.43. The number of aryl methyl sites for hydroxylation is 1. The van der Waals surface area contributed by atoms with E-state index in [1.165, 1.54) is 11.8 Å². The molecule has 0 radical (unpaired) electrons. The molecule has 0 saturated carbocycles. The molecule has 1 aromatic carbocycles. The highest BCUT2D eigenvalue weighted by molar-refractivity contribution is 8.15. The predicted octanol–water partition coefficient (Wildman–Crippen LogP) is 2.96. The van der Waals surface area contributed by atoms with Crippen molar-refractivity contribution in [3.8, 4) is 0 Å². The molecule has 7 heteroatoms. The number of aliphatic imine (C=N–C) groups is 1. The minimum absolute atomic E-state index is 0.128. The second-order valence-electron chi connectivity index (χ2n) is 4.38. The normalized spacial score (nSPS) is 17.6. The maximum Gasteiger partial charge on any atom is 0.385 e. The fraction of sp³-hybridized carbons (Fsp3) is 0.308. The van der Waals surface area contributed by atoms with Crippen molar-refractivity contribution in [2.24, 2.45) is 12.0 Å². The lowest BCUT2D eigenvalue weighted by Crippen LogP contribution is -2.30. The van der Waals surface area contributed by atoms with Crippen LogP contribution in [0.4, 0.5) is 5.13 Å². The van der Waals surface area contributed by atoms with Crippen LogP contribution in [0.3, 0.4) is 0 Å². The molecule has 3 rings (SSSR count). The van der Waals surface area contributed by atoms with E-state index in [1.807, 2.05) is 36.7 Å². The number of rotatable bonds is 2. The van der Waals surface area contributed by atoms with Gasteiger partial charge >= 0.3 is 5.13 Å². The number of hydrogen-bond donors (Lipinski definition) is 0. The number of halogens is 1. The molecule has 104 valence electrons. The van der Waals surface area contributed by atoms with Crippen molar-refractivity contribution in [1.29, 1.82) is 0 Å². The second-order valence-corrected chi connectivity index (χ2v) is 6.76. The Labute approximate surface area is 130 Å². The van der Waals surface area contributed by atoms with Gasteiger partial charge in [0.15, 0.2) is 0 Å². The molecular formula is C13H13ClN3OS2+. The summed E-state index contributed by atoms with van der Waals surface area (Å²) in [4.78, 5) is 18.1. The van der Waals surface area contributed by atoms with Crippen LogP contribution in [0.2, 0.25) is 5.02 Å². The van der Waals surface area contributed by atoms with Crippen molar-refractivity contribution in [1.82, 2.24) is 4.90 Å². The third-order valence-electron chi connectivity index (χ3n) is 3.14. The summed E-state index contributed by atoms with van der Waals surface area (Å²) < 4.78 is 3.12. The largest absolute Gasteiger partial charge is 0.385 e. The van der Waals surface area contributed by atoms with Crippen LogP contribution < -0.4 is 4.57 Å². The van der Waals surface area contributed by atoms with Gasteiger partial charge in [-0.25, -0.2) is 4.57 Å². The SMILES string of the molecule is CCN1C(=O)CSC1=Nc1sc2cc(Cl)ccc2[n+]1C. The molecule has 1 aliphatic heterocycles. The van der Waals surface area contributed by atoms with Crippen LogP contribution in [-0.4, -0.2) is 28.3 Å². The first-order valence-electron chi connectivity index (χ1n) is 6.20. The Morgan fingerprint density at radius 3 is 3.05 bits per heavy atom. The zero-order chi connectivity index (χ0) is 14.3. The van der Waals surface area contributed by atoms with Crippen LogP contribution in [0, 0.1) is 0 Å². The van der Waals surface area contributed by atoms with Crippen LogP contribution >= 0.6 is 34.7 Å². The quantitative estimate of drug-likeness (QED) is 0.796. The van der Waals surface area contributed by atoms with Gasteiger partial charge in [0.25, 0.3) is 5.17 Å². The van der Waals surface area contributed by atoms with Gasteiger partial charge in [-0.3, -0.25) is 9.69 Å². The zero-order valence-electron chi connectivity index (χ0n) is 11.1. The van der Waals surface area contributed by atoms with Gasteiger partial charge in [-0.15, -0.1) is 0 Å². The Hall–Kier alpha value is -1.11. The molecule has 20 heavy (non-hydrogen) atoms. The Kier molecular flexibility index (Phi) is 3.70. The number of fused-ring (bicyclic) bond motifs is 1. The van der Waals surface area contributed by atoms with Gasteiger partial charge in [0.05, 0.1) is 17.5 Å². The van der Waals surface area contributed by atoms with Gasteiger partial charge in [0.1, 0.15) is 5.52 Å². The van der Waals surface area contributed by atoms with E-state index in [1.54, 1.807) is 16.2 Å². The predicted molar refractivity (Wildman–Crippen MR) is 85.0 cm³/mol. The lowest BCUT2D eigenvalue weighted by Gasteiger charge is -2.07. The molecule has 0 N–H and O–H groups in total. The maximum absolute atomic E-state index is 11.7. The number of aromatic nitrogens is 1. The summed E-state index contributed by atoms with van der Waals surface area (Å²) >= 11 is 9.09. The number of hydrogen-bond acceptors (Lipinski definition) is 4. The summed E-state index contributed by atoms with van der Waals surface area (Å²) in [6.07, 6.45) is 0. The molecule has 4 nitrogen and oxygen atoms in total. The summed E-state index contributed by atoms with van der Waals surface area (Å²) in [6.45, 7) is 2.62. The first-order valence-corrected chi connectivity index (χ1v) is 8.38. The highest BCUT2D eigenvalue weighted by Gasteiger charge is 2.32. The Balaban J connectivity index is 2.07. The topological polar surface area (TPSA) is 36.6 Å². The Morgan fingerprint density at radius 2 is 2.30 bits per heavy atom. The van der Waals surface area contributed by atoms with E-state index in [9.17, 15) is 4.79 Å². The molecule has 0 bridgehead atoms. The lowest BCUT2D eigenvalue weighted by molar-refractivity contribution is -0.627. The van der Waals surface area contributed by atoms with E-state index < -0.39 is 0 Å². The van der Waals surface area contributed by atoms with Crippen LogP contribution in [0.15, 0.2) is 23.2 Å². The van der Waals surface area contributed by atoms with E-state index in [-0.39, 0.29) is 5.91 Å². The van der Waals surface area contributed by atoms with Crippen LogP contribution in [0.1, 0.15) is 6.92 Å². The zero-order valence-corrected chi connectivity index (χ0v) is 13.5. The summed E-state index contributed by atoms with van der Waals surface area (Å²) in [6, 6.07) is 5.80. The molecule has 0 spiro atoms. The summed E-state index contributed by atoms with van der Waals surface area (Å²) in [5.74, 6) is 0.607. The van der Waals surface area contributed by atoms with Crippen molar-refractivity contribution in [2.75, 3.05) is 12.3 Å². The monoisotopic (exact) mass is 326 g/mol.